The molecule has 3 rings (SSSR count). The summed E-state index contributed by atoms with van der Waals surface area (Å²) in [7, 11) is 3.76. The molecule has 2 aromatic rings. The summed E-state index contributed by atoms with van der Waals surface area (Å²) in [6.07, 6.45) is 1.01. The Bertz CT molecular complexity index is 668. The van der Waals surface area contributed by atoms with Gasteiger partial charge in [-0.1, -0.05) is 18.2 Å². The summed E-state index contributed by atoms with van der Waals surface area (Å²) in [5, 5.41) is 0. The lowest BCUT2D eigenvalue weighted by atomic mass is 9.88. The minimum atomic E-state index is -0.143. The van der Waals surface area contributed by atoms with Gasteiger partial charge in [-0.2, -0.15) is 0 Å². The summed E-state index contributed by atoms with van der Waals surface area (Å²) in [6.45, 7) is 2.76. The minimum absolute atomic E-state index is 0.0824. The van der Waals surface area contributed by atoms with Crippen LogP contribution in [0.15, 0.2) is 36.4 Å². The summed E-state index contributed by atoms with van der Waals surface area (Å²) in [5.74, 6) is 0.706. The number of benzene rings is 2. The maximum Gasteiger partial charge on any atom is 0.126 e. The maximum absolute atomic E-state index is 13.9. The van der Waals surface area contributed by atoms with Gasteiger partial charge in [-0.3, -0.25) is 4.90 Å². The average Bonchev–Trinajstić information content (AvgIpc) is 2.49. The number of rotatable bonds is 2. The van der Waals surface area contributed by atoms with Gasteiger partial charge in [0.2, 0.25) is 0 Å². The summed E-state index contributed by atoms with van der Waals surface area (Å²) < 4.78 is 19.3. The van der Waals surface area contributed by atoms with Gasteiger partial charge < -0.3 is 4.74 Å². The third-order valence-electron chi connectivity index (χ3n) is 4.33. The molecule has 1 aliphatic heterocycles. The summed E-state index contributed by atoms with van der Waals surface area (Å²) >= 11 is 0. The molecule has 0 fully saturated rings. The SMILES string of the molecule is COc1ccc2c(c1)C(c1ccc(C)c(F)c1)N(C)CC2. The van der Waals surface area contributed by atoms with Gasteiger partial charge >= 0.3 is 0 Å². The predicted molar refractivity (Wildman–Crippen MR) is 82.3 cm³/mol. The smallest absolute Gasteiger partial charge is 0.126 e. The van der Waals surface area contributed by atoms with E-state index in [4.69, 9.17) is 4.74 Å². The minimum Gasteiger partial charge on any atom is -0.497 e. The van der Waals surface area contributed by atoms with Crippen molar-refractivity contribution >= 4 is 0 Å². The van der Waals surface area contributed by atoms with E-state index in [1.165, 1.54) is 11.1 Å². The molecule has 1 unspecified atom stereocenters. The van der Waals surface area contributed by atoms with Crippen LogP contribution in [0.25, 0.3) is 0 Å². The van der Waals surface area contributed by atoms with Crippen molar-refractivity contribution < 1.29 is 9.13 Å². The normalized spacial score (nSPS) is 18.4. The zero-order chi connectivity index (χ0) is 15.0. The molecule has 0 saturated carbocycles. The third kappa shape index (κ3) is 2.54. The van der Waals surface area contributed by atoms with Crippen molar-refractivity contribution in [2.75, 3.05) is 20.7 Å². The molecular weight excluding hydrogens is 265 g/mol. The van der Waals surface area contributed by atoms with Crippen LogP contribution in [0.3, 0.4) is 0 Å². The lowest BCUT2D eigenvalue weighted by molar-refractivity contribution is 0.263. The topological polar surface area (TPSA) is 12.5 Å². The Balaban J connectivity index is 2.11. The molecule has 3 heteroatoms. The van der Waals surface area contributed by atoms with Crippen molar-refractivity contribution in [2.45, 2.75) is 19.4 Å². The van der Waals surface area contributed by atoms with Crippen LogP contribution in [0.2, 0.25) is 0 Å². The number of nitrogens with zero attached hydrogens (tertiary/aromatic N) is 1. The number of hydrogen-bond donors (Lipinski definition) is 0. The van der Waals surface area contributed by atoms with Crippen LogP contribution in [-0.2, 0) is 6.42 Å². The van der Waals surface area contributed by atoms with E-state index in [1.807, 2.05) is 18.2 Å². The number of hydrogen-bond acceptors (Lipinski definition) is 2. The summed E-state index contributed by atoms with van der Waals surface area (Å²) in [5.41, 5.74) is 4.21. The summed E-state index contributed by atoms with van der Waals surface area (Å²) in [6, 6.07) is 11.8. The zero-order valence-electron chi connectivity index (χ0n) is 12.7. The van der Waals surface area contributed by atoms with E-state index in [1.54, 1.807) is 20.1 Å². The number of ether oxygens (including phenoxy) is 1. The summed E-state index contributed by atoms with van der Waals surface area (Å²) in [4.78, 5) is 2.27. The first-order valence-electron chi connectivity index (χ1n) is 7.23. The average molecular weight is 285 g/mol. The van der Waals surface area contributed by atoms with Crippen LogP contribution in [0.4, 0.5) is 4.39 Å². The largest absolute Gasteiger partial charge is 0.497 e. The van der Waals surface area contributed by atoms with E-state index in [9.17, 15) is 4.39 Å². The Hall–Kier alpha value is -1.87. The van der Waals surface area contributed by atoms with Crippen LogP contribution in [0.5, 0.6) is 5.75 Å². The van der Waals surface area contributed by atoms with Gasteiger partial charge in [0.25, 0.3) is 0 Å². The molecule has 1 aliphatic rings. The van der Waals surface area contributed by atoms with Gasteiger partial charge in [0.05, 0.1) is 13.2 Å². The molecule has 0 spiro atoms. The van der Waals surface area contributed by atoms with Crippen molar-refractivity contribution in [2.24, 2.45) is 0 Å². The first-order chi connectivity index (χ1) is 10.1. The van der Waals surface area contributed by atoms with E-state index in [0.717, 1.165) is 24.3 Å². The Morgan fingerprint density at radius 2 is 2.00 bits per heavy atom. The number of fused-ring (bicyclic) bond motifs is 1. The molecule has 0 aliphatic carbocycles. The van der Waals surface area contributed by atoms with E-state index in [2.05, 4.69) is 24.1 Å². The first-order valence-corrected chi connectivity index (χ1v) is 7.23. The highest BCUT2D eigenvalue weighted by Crippen LogP contribution is 2.36. The van der Waals surface area contributed by atoms with Crippen molar-refractivity contribution in [1.82, 2.24) is 4.90 Å². The molecule has 2 nitrogen and oxygen atoms in total. The van der Waals surface area contributed by atoms with Crippen LogP contribution >= 0.6 is 0 Å². The highest BCUT2D eigenvalue weighted by Gasteiger charge is 2.27. The Labute approximate surface area is 125 Å². The number of methoxy groups -OCH3 is 1. The van der Waals surface area contributed by atoms with E-state index < -0.39 is 0 Å². The molecule has 1 heterocycles. The van der Waals surface area contributed by atoms with Crippen LogP contribution in [-0.4, -0.2) is 25.6 Å². The van der Waals surface area contributed by atoms with Gasteiger partial charge in [0.15, 0.2) is 0 Å². The molecule has 0 aromatic heterocycles. The van der Waals surface area contributed by atoms with Crippen molar-refractivity contribution in [3.05, 3.63) is 64.5 Å². The molecule has 0 saturated heterocycles. The van der Waals surface area contributed by atoms with Crippen molar-refractivity contribution in [3.8, 4) is 5.75 Å². The second-order valence-corrected chi connectivity index (χ2v) is 5.71. The molecular formula is C18H20FNO. The second kappa shape index (κ2) is 5.49. The lowest BCUT2D eigenvalue weighted by Gasteiger charge is -2.35. The fraction of sp³-hybridized carbons (Fsp3) is 0.333. The maximum atomic E-state index is 13.9. The zero-order valence-corrected chi connectivity index (χ0v) is 12.7. The van der Waals surface area contributed by atoms with Crippen molar-refractivity contribution in [3.63, 3.8) is 0 Å². The van der Waals surface area contributed by atoms with E-state index >= 15 is 0 Å². The first kappa shape index (κ1) is 14.1. The fourth-order valence-electron chi connectivity index (χ4n) is 3.06. The number of halogens is 1. The molecule has 1 atom stereocenters. The lowest BCUT2D eigenvalue weighted by Crippen LogP contribution is -2.32. The van der Waals surface area contributed by atoms with Gasteiger partial charge in [-0.15, -0.1) is 0 Å². The monoisotopic (exact) mass is 285 g/mol. The second-order valence-electron chi connectivity index (χ2n) is 5.71. The van der Waals surface area contributed by atoms with E-state index in [0.29, 0.717) is 5.56 Å². The van der Waals surface area contributed by atoms with Gasteiger partial charge in [0.1, 0.15) is 11.6 Å². The molecule has 21 heavy (non-hydrogen) atoms. The quantitative estimate of drug-likeness (QED) is 0.834. The Kier molecular flexibility index (Phi) is 3.68. The highest BCUT2D eigenvalue weighted by molar-refractivity contribution is 5.44. The Morgan fingerprint density at radius 3 is 2.71 bits per heavy atom. The standard InChI is InChI=1S/C18H20FNO/c1-12-4-5-14(10-17(12)19)18-16-11-15(21-3)7-6-13(16)8-9-20(18)2/h4-7,10-11,18H,8-9H2,1-3H3. The molecule has 0 radical (unpaired) electrons. The van der Waals surface area contributed by atoms with Crippen LogP contribution < -0.4 is 4.74 Å². The fourth-order valence-corrected chi connectivity index (χ4v) is 3.06. The van der Waals surface area contributed by atoms with Crippen molar-refractivity contribution in [1.29, 1.82) is 0 Å². The predicted octanol–water partition coefficient (Wildman–Crippen LogP) is 3.72. The van der Waals surface area contributed by atoms with Gasteiger partial charge in [-0.25, -0.2) is 4.39 Å². The van der Waals surface area contributed by atoms with Gasteiger partial charge in [0, 0.05) is 6.54 Å². The van der Waals surface area contributed by atoms with Crippen LogP contribution in [0.1, 0.15) is 28.3 Å². The third-order valence-corrected chi connectivity index (χ3v) is 4.33. The Morgan fingerprint density at radius 1 is 1.19 bits per heavy atom. The van der Waals surface area contributed by atoms with Crippen LogP contribution in [0, 0.1) is 12.7 Å². The highest BCUT2D eigenvalue weighted by atomic mass is 19.1. The molecule has 0 N–H and O–H groups in total. The molecule has 0 amide bonds. The number of aryl methyl sites for hydroxylation is 1. The molecule has 0 bridgehead atoms. The van der Waals surface area contributed by atoms with E-state index in [-0.39, 0.29) is 11.9 Å². The molecule has 110 valence electrons. The van der Waals surface area contributed by atoms with Gasteiger partial charge in [-0.05, 0) is 60.8 Å². The molecule has 2 aromatic carbocycles. The number of likely N-dealkylation sites (N-methyl/N-ethyl adjacent to an activating group) is 1.